The van der Waals surface area contributed by atoms with Gasteiger partial charge in [0.05, 0.1) is 17.5 Å². The number of hydrogen-bond donors (Lipinski definition) is 2. The van der Waals surface area contributed by atoms with Gasteiger partial charge in [-0.05, 0) is 48.9 Å². The first-order valence-corrected chi connectivity index (χ1v) is 9.57. The lowest BCUT2D eigenvalue weighted by atomic mass is 10.1. The van der Waals surface area contributed by atoms with E-state index in [0.717, 1.165) is 12.1 Å². The van der Waals surface area contributed by atoms with Crippen LogP contribution in [-0.2, 0) is 14.8 Å². The highest BCUT2D eigenvalue weighted by Gasteiger charge is 2.16. The molecule has 0 spiro atoms. The van der Waals surface area contributed by atoms with Gasteiger partial charge in [-0.3, -0.25) is 4.79 Å². The number of amides is 1. The fraction of sp³-hybridized carbons (Fsp3) is 0.278. The molecule has 0 aliphatic rings. The van der Waals surface area contributed by atoms with E-state index in [4.69, 9.17) is 4.74 Å². The molecule has 1 atom stereocenters. The smallest absolute Gasteiger partial charge is 0.251 e. The molecule has 0 bridgehead atoms. The zero-order valence-electron chi connectivity index (χ0n) is 14.8. The summed E-state index contributed by atoms with van der Waals surface area (Å²) < 4.78 is 57.6. The number of carbonyl (C=O) groups excluding carboxylic acids is 1. The van der Waals surface area contributed by atoms with Gasteiger partial charge in [0.25, 0.3) is 5.91 Å². The van der Waals surface area contributed by atoms with Crippen LogP contribution < -0.4 is 10.0 Å². The average Bonchev–Trinajstić information content (AvgIpc) is 2.64. The Morgan fingerprint density at radius 1 is 1.11 bits per heavy atom. The summed E-state index contributed by atoms with van der Waals surface area (Å²) in [6.45, 7) is 2.00. The van der Waals surface area contributed by atoms with E-state index in [1.54, 1.807) is 6.92 Å². The van der Waals surface area contributed by atoms with E-state index in [0.29, 0.717) is 5.56 Å². The van der Waals surface area contributed by atoms with Gasteiger partial charge in [-0.1, -0.05) is 6.07 Å². The van der Waals surface area contributed by atoms with Crippen molar-refractivity contribution in [1.82, 2.24) is 10.0 Å². The van der Waals surface area contributed by atoms with E-state index in [1.165, 1.54) is 37.4 Å². The summed E-state index contributed by atoms with van der Waals surface area (Å²) in [5, 5.41) is 2.65. The molecule has 0 aromatic heterocycles. The van der Waals surface area contributed by atoms with Crippen LogP contribution in [0.5, 0.6) is 0 Å². The molecule has 0 aliphatic carbocycles. The number of carbonyl (C=O) groups is 1. The Kier molecular flexibility index (Phi) is 7.00. The molecule has 0 heterocycles. The second-order valence-corrected chi connectivity index (χ2v) is 7.55. The number of sulfonamides is 1. The van der Waals surface area contributed by atoms with Crippen LogP contribution in [0.1, 0.15) is 28.9 Å². The minimum absolute atomic E-state index is 0.0174. The Hall–Kier alpha value is -2.36. The fourth-order valence-corrected chi connectivity index (χ4v) is 3.31. The summed E-state index contributed by atoms with van der Waals surface area (Å²) in [7, 11) is -2.23. The molecule has 27 heavy (non-hydrogen) atoms. The topological polar surface area (TPSA) is 84.5 Å². The quantitative estimate of drug-likeness (QED) is 0.669. The van der Waals surface area contributed by atoms with Crippen molar-refractivity contribution in [2.24, 2.45) is 0 Å². The molecule has 9 heteroatoms. The Morgan fingerprint density at radius 2 is 1.78 bits per heavy atom. The molecule has 1 amide bonds. The van der Waals surface area contributed by atoms with Gasteiger partial charge in [0.15, 0.2) is 11.6 Å². The van der Waals surface area contributed by atoms with Crippen LogP contribution in [0, 0.1) is 11.6 Å². The Bertz CT molecular complexity index is 902. The van der Waals surface area contributed by atoms with Gasteiger partial charge in [0.2, 0.25) is 10.0 Å². The van der Waals surface area contributed by atoms with Crippen LogP contribution in [0.4, 0.5) is 8.78 Å². The fourth-order valence-electron chi connectivity index (χ4n) is 2.29. The van der Waals surface area contributed by atoms with E-state index in [9.17, 15) is 22.0 Å². The van der Waals surface area contributed by atoms with Gasteiger partial charge < -0.3 is 10.1 Å². The number of nitrogens with one attached hydrogen (secondary N) is 2. The molecular formula is C18H20F2N2O4S. The van der Waals surface area contributed by atoms with E-state index in [-0.39, 0.29) is 23.6 Å². The summed E-state index contributed by atoms with van der Waals surface area (Å²) in [4.78, 5) is 12.3. The molecule has 0 saturated heterocycles. The van der Waals surface area contributed by atoms with Crippen LogP contribution >= 0.6 is 0 Å². The molecule has 146 valence electrons. The minimum atomic E-state index is -3.69. The zero-order valence-corrected chi connectivity index (χ0v) is 15.6. The molecule has 2 N–H and O–H groups in total. The van der Waals surface area contributed by atoms with E-state index in [1.807, 2.05) is 0 Å². The largest absolute Gasteiger partial charge is 0.383 e. The molecule has 0 fully saturated rings. The second-order valence-electron chi connectivity index (χ2n) is 5.78. The third-order valence-corrected chi connectivity index (χ3v) is 5.29. The zero-order chi connectivity index (χ0) is 20.0. The number of methoxy groups -OCH3 is 1. The van der Waals surface area contributed by atoms with Crippen molar-refractivity contribution in [2.75, 3.05) is 20.3 Å². The Labute approximate surface area is 156 Å². The molecule has 2 rings (SSSR count). The first-order valence-electron chi connectivity index (χ1n) is 8.09. The number of ether oxygens (including phenoxy) is 1. The number of hydrogen-bond acceptors (Lipinski definition) is 4. The average molecular weight is 398 g/mol. The lowest BCUT2D eigenvalue weighted by molar-refractivity contribution is 0.0939. The third kappa shape index (κ3) is 5.56. The summed E-state index contributed by atoms with van der Waals surface area (Å²) >= 11 is 0. The molecular weight excluding hydrogens is 378 g/mol. The van der Waals surface area contributed by atoms with E-state index in [2.05, 4.69) is 10.0 Å². The molecule has 0 aliphatic heterocycles. The maximum Gasteiger partial charge on any atom is 0.251 e. The second kappa shape index (κ2) is 9.03. The van der Waals surface area contributed by atoms with Crippen molar-refractivity contribution in [1.29, 1.82) is 0 Å². The summed E-state index contributed by atoms with van der Waals surface area (Å²) in [5.74, 6) is -2.43. The number of halogens is 2. The Balaban J connectivity index is 2.05. The predicted molar refractivity (Wildman–Crippen MR) is 95.7 cm³/mol. The Morgan fingerprint density at radius 3 is 2.37 bits per heavy atom. The highest BCUT2D eigenvalue weighted by Crippen LogP contribution is 2.17. The summed E-state index contributed by atoms with van der Waals surface area (Å²) in [6.07, 6.45) is 0. The highest BCUT2D eigenvalue weighted by atomic mass is 32.2. The van der Waals surface area contributed by atoms with Crippen molar-refractivity contribution in [3.8, 4) is 0 Å². The number of benzene rings is 2. The predicted octanol–water partition coefficient (Wildman–Crippen LogP) is 2.38. The van der Waals surface area contributed by atoms with Crippen molar-refractivity contribution in [2.45, 2.75) is 17.9 Å². The molecule has 0 unspecified atom stereocenters. The van der Waals surface area contributed by atoms with Crippen molar-refractivity contribution < 1.29 is 26.7 Å². The van der Waals surface area contributed by atoms with Gasteiger partial charge in [0, 0.05) is 19.2 Å². The van der Waals surface area contributed by atoms with Crippen LogP contribution in [-0.4, -0.2) is 34.6 Å². The highest BCUT2D eigenvalue weighted by molar-refractivity contribution is 7.89. The normalized spacial score (nSPS) is 12.6. The SMILES string of the molecule is COCCNS(=O)(=O)c1ccc(C(=O)N[C@@H](C)c2ccc(F)c(F)c2)cc1. The maximum absolute atomic E-state index is 13.3. The van der Waals surface area contributed by atoms with Crippen molar-refractivity contribution in [3.63, 3.8) is 0 Å². The summed E-state index contributed by atoms with van der Waals surface area (Å²) in [5.41, 5.74) is 0.643. The van der Waals surface area contributed by atoms with Crippen LogP contribution in [0.25, 0.3) is 0 Å². The maximum atomic E-state index is 13.3. The molecule has 0 saturated carbocycles. The van der Waals surface area contributed by atoms with Gasteiger partial charge in [0.1, 0.15) is 0 Å². The van der Waals surface area contributed by atoms with Crippen molar-refractivity contribution >= 4 is 15.9 Å². The lowest BCUT2D eigenvalue weighted by Crippen LogP contribution is -2.28. The van der Waals surface area contributed by atoms with Gasteiger partial charge in [-0.2, -0.15) is 0 Å². The molecule has 6 nitrogen and oxygen atoms in total. The van der Waals surface area contributed by atoms with Gasteiger partial charge in [-0.15, -0.1) is 0 Å². The first-order chi connectivity index (χ1) is 12.7. The van der Waals surface area contributed by atoms with Crippen LogP contribution in [0.15, 0.2) is 47.4 Å². The van der Waals surface area contributed by atoms with Crippen LogP contribution in [0.2, 0.25) is 0 Å². The standard InChI is InChI=1S/C18H20F2N2O4S/c1-12(14-5-8-16(19)17(20)11-14)22-18(23)13-3-6-15(7-4-13)27(24,25)21-9-10-26-2/h3-8,11-12,21H,9-10H2,1-2H3,(H,22,23)/t12-/m0/s1. The molecule has 2 aromatic carbocycles. The lowest BCUT2D eigenvalue weighted by Gasteiger charge is -2.15. The molecule has 2 aromatic rings. The van der Waals surface area contributed by atoms with Crippen LogP contribution in [0.3, 0.4) is 0 Å². The number of rotatable bonds is 8. The minimum Gasteiger partial charge on any atom is -0.383 e. The third-order valence-electron chi connectivity index (χ3n) is 3.82. The van der Waals surface area contributed by atoms with E-state index < -0.39 is 33.6 Å². The van der Waals surface area contributed by atoms with Crippen molar-refractivity contribution in [3.05, 3.63) is 65.2 Å². The van der Waals surface area contributed by atoms with E-state index >= 15 is 0 Å². The first kappa shape index (κ1) is 20.9. The molecule has 0 radical (unpaired) electrons. The van der Waals surface area contributed by atoms with Gasteiger partial charge in [-0.25, -0.2) is 21.9 Å². The monoisotopic (exact) mass is 398 g/mol. The summed E-state index contributed by atoms with van der Waals surface area (Å²) in [6, 6.07) is 8.19. The van der Waals surface area contributed by atoms with Gasteiger partial charge >= 0.3 is 0 Å².